The summed E-state index contributed by atoms with van der Waals surface area (Å²) in [6.45, 7) is 8.62. The molecule has 0 radical (unpaired) electrons. The summed E-state index contributed by atoms with van der Waals surface area (Å²) < 4.78 is 5.51. The molecule has 2 rings (SSSR count). The van der Waals surface area contributed by atoms with E-state index in [4.69, 9.17) is 4.74 Å². The third kappa shape index (κ3) is 6.30. The maximum absolute atomic E-state index is 12.2. The lowest BCUT2D eigenvalue weighted by Gasteiger charge is -2.19. The molecule has 3 N–H and O–H groups in total. The van der Waals surface area contributed by atoms with Gasteiger partial charge in [-0.25, -0.2) is 0 Å². The van der Waals surface area contributed by atoms with Crippen LogP contribution in [0, 0.1) is 0 Å². The summed E-state index contributed by atoms with van der Waals surface area (Å²) in [7, 11) is 0. The summed E-state index contributed by atoms with van der Waals surface area (Å²) >= 11 is 0. The zero-order valence-corrected chi connectivity index (χ0v) is 16.8. The Morgan fingerprint density at radius 1 is 0.964 bits per heavy atom. The zero-order valence-electron chi connectivity index (χ0n) is 16.8. The molecule has 0 aliphatic rings. The highest BCUT2D eigenvalue weighted by atomic mass is 16.5. The first-order valence-corrected chi connectivity index (χ1v) is 9.29. The van der Waals surface area contributed by atoms with Crippen LogP contribution in [0.15, 0.2) is 48.5 Å². The van der Waals surface area contributed by atoms with E-state index in [1.54, 1.807) is 19.1 Å². The van der Waals surface area contributed by atoms with Crippen LogP contribution in [0.5, 0.6) is 11.5 Å². The molecule has 0 aromatic heterocycles. The standard InChI is InChI=1S/C22H28N2O4/c1-15(28-19-11-9-18(25)10-12-19)20(26)23-13-14-24-21(27)16-5-7-17(8-6-16)22(2,3)4/h5-12,15,25H,13-14H2,1-4H3,(H,23,26)(H,24,27). The lowest BCUT2D eigenvalue weighted by atomic mass is 9.87. The maximum atomic E-state index is 12.2. The number of phenols is 1. The average molecular weight is 384 g/mol. The van der Waals surface area contributed by atoms with Gasteiger partial charge in [-0.2, -0.15) is 0 Å². The average Bonchev–Trinajstić information content (AvgIpc) is 2.66. The van der Waals surface area contributed by atoms with Crippen molar-refractivity contribution in [2.75, 3.05) is 13.1 Å². The SMILES string of the molecule is CC(Oc1ccc(O)cc1)C(=O)NCCNC(=O)c1ccc(C(C)(C)C)cc1. The number of carbonyl (C=O) groups is 2. The molecule has 6 nitrogen and oxygen atoms in total. The highest BCUT2D eigenvalue weighted by Gasteiger charge is 2.15. The van der Waals surface area contributed by atoms with Gasteiger partial charge in [-0.3, -0.25) is 9.59 Å². The van der Waals surface area contributed by atoms with Crippen molar-refractivity contribution in [3.63, 3.8) is 0 Å². The Bertz CT molecular complexity index is 793. The van der Waals surface area contributed by atoms with Gasteiger partial charge in [-0.1, -0.05) is 32.9 Å². The molecule has 0 saturated carbocycles. The summed E-state index contributed by atoms with van der Waals surface area (Å²) in [5.74, 6) is 0.167. The van der Waals surface area contributed by atoms with E-state index >= 15 is 0 Å². The number of amides is 2. The number of nitrogens with one attached hydrogen (secondary N) is 2. The zero-order chi connectivity index (χ0) is 20.7. The number of hydrogen-bond donors (Lipinski definition) is 3. The minimum Gasteiger partial charge on any atom is -0.508 e. The van der Waals surface area contributed by atoms with Gasteiger partial charge in [-0.05, 0) is 54.3 Å². The Balaban J connectivity index is 1.73. The van der Waals surface area contributed by atoms with E-state index in [2.05, 4.69) is 31.4 Å². The van der Waals surface area contributed by atoms with Gasteiger partial charge in [0, 0.05) is 18.7 Å². The number of carbonyl (C=O) groups excluding carboxylic acids is 2. The first kappa shape index (κ1) is 21.3. The van der Waals surface area contributed by atoms with E-state index < -0.39 is 6.10 Å². The Labute approximate surface area is 165 Å². The second kappa shape index (κ2) is 9.26. The Morgan fingerprint density at radius 3 is 2.11 bits per heavy atom. The predicted molar refractivity (Wildman–Crippen MR) is 109 cm³/mol. The fourth-order valence-corrected chi connectivity index (χ4v) is 2.51. The van der Waals surface area contributed by atoms with Gasteiger partial charge in [-0.15, -0.1) is 0 Å². The van der Waals surface area contributed by atoms with Crippen LogP contribution in [0.1, 0.15) is 43.6 Å². The summed E-state index contributed by atoms with van der Waals surface area (Å²) in [4.78, 5) is 24.2. The summed E-state index contributed by atoms with van der Waals surface area (Å²) in [5.41, 5.74) is 1.79. The van der Waals surface area contributed by atoms with Crippen molar-refractivity contribution >= 4 is 11.8 Å². The van der Waals surface area contributed by atoms with Crippen LogP contribution in [0.2, 0.25) is 0 Å². The van der Waals surface area contributed by atoms with Crippen molar-refractivity contribution in [3.05, 3.63) is 59.7 Å². The maximum Gasteiger partial charge on any atom is 0.260 e. The van der Waals surface area contributed by atoms with E-state index in [1.807, 2.05) is 24.3 Å². The van der Waals surface area contributed by atoms with Crippen molar-refractivity contribution in [2.45, 2.75) is 39.2 Å². The minimum atomic E-state index is -0.690. The monoisotopic (exact) mass is 384 g/mol. The van der Waals surface area contributed by atoms with Crippen molar-refractivity contribution in [2.24, 2.45) is 0 Å². The highest BCUT2D eigenvalue weighted by Crippen LogP contribution is 2.22. The quantitative estimate of drug-likeness (QED) is 0.641. The van der Waals surface area contributed by atoms with Gasteiger partial charge in [0.25, 0.3) is 11.8 Å². The fourth-order valence-electron chi connectivity index (χ4n) is 2.51. The summed E-state index contributed by atoms with van der Waals surface area (Å²) in [6, 6.07) is 13.7. The van der Waals surface area contributed by atoms with E-state index in [0.717, 1.165) is 0 Å². The molecule has 2 aromatic carbocycles. The van der Waals surface area contributed by atoms with Gasteiger partial charge >= 0.3 is 0 Å². The van der Waals surface area contributed by atoms with E-state index in [-0.39, 0.29) is 23.0 Å². The highest BCUT2D eigenvalue weighted by molar-refractivity contribution is 5.94. The number of benzene rings is 2. The molecule has 0 aliphatic heterocycles. The summed E-state index contributed by atoms with van der Waals surface area (Å²) in [6.07, 6.45) is -0.690. The molecule has 0 heterocycles. The smallest absolute Gasteiger partial charge is 0.260 e. The third-order valence-electron chi connectivity index (χ3n) is 4.24. The second-order valence-corrected chi connectivity index (χ2v) is 7.63. The van der Waals surface area contributed by atoms with Crippen LogP contribution in [0.25, 0.3) is 0 Å². The number of aromatic hydroxyl groups is 1. The van der Waals surface area contributed by atoms with Gasteiger partial charge in [0.15, 0.2) is 6.10 Å². The molecule has 0 saturated heterocycles. The van der Waals surface area contributed by atoms with Crippen LogP contribution in [-0.4, -0.2) is 36.1 Å². The van der Waals surface area contributed by atoms with E-state index in [1.165, 1.54) is 17.7 Å². The number of rotatable bonds is 7. The lowest BCUT2D eigenvalue weighted by Crippen LogP contribution is -2.40. The molecular formula is C22H28N2O4. The topological polar surface area (TPSA) is 87.7 Å². The molecule has 6 heteroatoms. The molecule has 0 bridgehead atoms. The minimum absolute atomic E-state index is 0.0399. The van der Waals surface area contributed by atoms with Crippen molar-refractivity contribution < 1.29 is 19.4 Å². The van der Waals surface area contributed by atoms with Crippen LogP contribution in [0.4, 0.5) is 0 Å². The second-order valence-electron chi connectivity index (χ2n) is 7.63. The van der Waals surface area contributed by atoms with E-state index in [9.17, 15) is 14.7 Å². The van der Waals surface area contributed by atoms with Gasteiger partial charge in [0.1, 0.15) is 11.5 Å². The first-order valence-electron chi connectivity index (χ1n) is 9.29. The van der Waals surface area contributed by atoms with Gasteiger partial charge < -0.3 is 20.5 Å². The lowest BCUT2D eigenvalue weighted by molar-refractivity contribution is -0.127. The number of phenolic OH excluding ortho intramolecular Hbond substituents is 1. The van der Waals surface area contributed by atoms with Crippen molar-refractivity contribution in [1.82, 2.24) is 10.6 Å². The molecular weight excluding hydrogens is 356 g/mol. The molecule has 0 fully saturated rings. The number of hydrogen-bond acceptors (Lipinski definition) is 4. The van der Waals surface area contributed by atoms with Crippen LogP contribution in [0.3, 0.4) is 0 Å². The molecule has 2 aromatic rings. The largest absolute Gasteiger partial charge is 0.508 e. The Kier molecular flexibility index (Phi) is 7.04. The van der Waals surface area contributed by atoms with Crippen LogP contribution < -0.4 is 15.4 Å². The van der Waals surface area contributed by atoms with Crippen molar-refractivity contribution in [1.29, 1.82) is 0 Å². The first-order chi connectivity index (χ1) is 13.2. The Morgan fingerprint density at radius 2 is 1.54 bits per heavy atom. The van der Waals surface area contributed by atoms with Gasteiger partial charge in [0.2, 0.25) is 0 Å². The molecule has 150 valence electrons. The molecule has 1 atom stereocenters. The predicted octanol–water partition coefficient (Wildman–Crippen LogP) is 3.00. The Hall–Kier alpha value is -3.02. The third-order valence-corrected chi connectivity index (χ3v) is 4.24. The number of ether oxygens (including phenoxy) is 1. The normalized spacial score (nSPS) is 12.1. The molecule has 2 amide bonds. The van der Waals surface area contributed by atoms with Gasteiger partial charge in [0.05, 0.1) is 0 Å². The van der Waals surface area contributed by atoms with E-state index in [0.29, 0.717) is 24.4 Å². The molecule has 28 heavy (non-hydrogen) atoms. The van der Waals surface area contributed by atoms with Crippen molar-refractivity contribution in [3.8, 4) is 11.5 Å². The van der Waals surface area contributed by atoms with Crippen LogP contribution >= 0.6 is 0 Å². The molecule has 0 spiro atoms. The molecule has 0 aliphatic carbocycles. The molecule has 1 unspecified atom stereocenters. The van der Waals surface area contributed by atoms with Crippen LogP contribution in [-0.2, 0) is 10.2 Å². The summed E-state index contributed by atoms with van der Waals surface area (Å²) in [5, 5.41) is 14.8. The fraction of sp³-hybridized carbons (Fsp3) is 0.364.